The maximum atomic E-state index is 5.41. The lowest BCUT2D eigenvalue weighted by atomic mass is 10.2. The number of nitrogens with zero attached hydrogens (tertiary/aromatic N) is 4. The molecule has 2 aromatic heterocycles. The lowest BCUT2D eigenvalue weighted by Crippen LogP contribution is -2.36. The van der Waals surface area contributed by atoms with Crippen molar-refractivity contribution in [1.29, 1.82) is 0 Å². The smallest absolute Gasteiger partial charge is 0.232 e. The quantitative estimate of drug-likeness (QED) is 0.147. The first-order valence-electron chi connectivity index (χ1n) is 11.0. The third-order valence-electron chi connectivity index (χ3n) is 4.95. The van der Waals surface area contributed by atoms with Gasteiger partial charge in [0.2, 0.25) is 17.6 Å². The Labute approximate surface area is 208 Å². The third-order valence-corrected chi connectivity index (χ3v) is 4.95. The normalized spacial score (nSPS) is 10.4. The van der Waals surface area contributed by atoms with Gasteiger partial charge in [-0.1, -0.05) is 18.2 Å². The molecule has 0 amide bonds. The van der Waals surface area contributed by atoms with E-state index in [-0.39, 0.29) is 0 Å². The van der Waals surface area contributed by atoms with E-state index in [9.17, 15) is 0 Å². The molecule has 0 bridgehead atoms. The number of hydrazine groups is 2. The zero-order valence-electron chi connectivity index (χ0n) is 20.1. The Morgan fingerprint density at radius 1 is 0.750 bits per heavy atom. The lowest BCUT2D eigenvalue weighted by Gasteiger charge is -2.15. The monoisotopic (exact) mass is 489 g/mol. The van der Waals surface area contributed by atoms with Crippen LogP contribution in [0.4, 0.5) is 29.0 Å². The van der Waals surface area contributed by atoms with Crippen LogP contribution >= 0.6 is 0 Å². The van der Waals surface area contributed by atoms with E-state index in [1.165, 1.54) is 6.33 Å². The summed E-state index contributed by atoms with van der Waals surface area (Å²) in [5, 5.41) is 6.35. The molecule has 2 heterocycles. The molecule has 0 spiro atoms. The molecule has 0 atom stereocenters. The van der Waals surface area contributed by atoms with Gasteiger partial charge in [-0.2, -0.15) is 10.5 Å². The molecule has 0 fully saturated rings. The number of hydrogen-bond acceptors (Lipinski definition) is 12. The van der Waals surface area contributed by atoms with E-state index in [0.29, 0.717) is 41.4 Å². The fraction of sp³-hybridized carbons (Fsp3) is 0.167. The van der Waals surface area contributed by atoms with Crippen LogP contribution in [0.2, 0.25) is 0 Å². The lowest BCUT2D eigenvalue weighted by molar-refractivity contribution is 0.324. The maximum absolute atomic E-state index is 5.41. The summed E-state index contributed by atoms with van der Waals surface area (Å²) >= 11 is 0. The van der Waals surface area contributed by atoms with Crippen molar-refractivity contribution in [3.8, 4) is 17.2 Å². The van der Waals surface area contributed by atoms with Gasteiger partial charge >= 0.3 is 0 Å². The van der Waals surface area contributed by atoms with Gasteiger partial charge in [-0.25, -0.2) is 15.4 Å². The Morgan fingerprint density at radius 2 is 1.44 bits per heavy atom. The predicted octanol–water partition coefficient (Wildman–Crippen LogP) is 3.40. The van der Waals surface area contributed by atoms with Gasteiger partial charge in [0.1, 0.15) is 6.33 Å². The molecule has 5 N–H and O–H groups in total. The summed E-state index contributed by atoms with van der Waals surface area (Å²) in [5.74, 6) is 2.21. The predicted molar refractivity (Wildman–Crippen MR) is 137 cm³/mol. The van der Waals surface area contributed by atoms with E-state index in [0.717, 1.165) is 17.1 Å². The molecule has 12 nitrogen and oxygen atoms in total. The largest absolute Gasteiger partial charge is 0.493 e. The van der Waals surface area contributed by atoms with Crippen molar-refractivity contribution < 1.29 is 14.2 Å². The van der Waals surface area contributed by atoms with Gasteiger partial charge in [-0.05, 0) is 24.3 Å². The van der Waals surface area contributed by atoms with Crippen molar-refractivity contribution in [1.82, 2.24) is 30.9 Å². The average Bonchev–Trinajstić information content (AvgIpc) is 2.92. The van der Waals surface area contributed by atoms with Gasteiger partial charge in [0.25, 0.3) is 0 Å². The maximum Gasteiger partial charge on any atom is 0.232 e. The first kappa shape index (κ1) is 24.4. The molecule has 0 aliphatic carbocycles. The summed E-state index contributed by atoms with van der Waals surface area (Å²) in [7, 11) is 4.66. The van der Waals surface area contributed by atoms with E-state index in [1.54, 1.807) is 39.7 Å². The molecule has 0 unspecified atom stereocenters. The zero-order valence-corrected chi connectivity index (χ0v) is 20.1. The minimum absolute atomic E-state index is 0.336. The second-order valence-electron chi connectivity index (χ2n) is 7.27. The van der Waals surface area contributed by atoms with Crippen molar-refractivity contribution in [2.75, 3.05) is 37.4 Å². The highest BCUT2D eigenvalue weighted by atomic mass is 16.5. The number of rotatable bonds is 12. The highest BCUT2D eigenvalue weighted by molar-refractivity contribution is 5.72. The average molecular weight is 490 g/mol. The summed E-state index contributed by atoms with van der Waals surface area (Å²) in [6.07, 6.45) is 3.17. The molecule has 2 aromatic carbocycles. The van der Waals surface area contributed by atoms with E-state index < -0.39 is 0 Å². The van der Waals surface area contributed by atoms with Crippen LogP contribution in [0.25, 0.3) is 0 Å². The fourth-order valence-electron chi connectivity index (χ4n) is 3.27. The van der Waals surface area contributed by atoms with Gasteiger partial charge in [0.05, 0.1) is 44.9 Å². The van der Waals surface area contributed by atoms with Crippen LogP contribution in [-0.2, 0) is 6.54 Å². The van der Waals surface area contributed by atoms with Gasteiger partial charge in [0, 0.05) is 24.0 Å². The summed E-state index contributed by atoms with van der Waals surface area (Å²) in [6.45, 7) is 0.548. The number of methoxy groups -OCH3 is 3. The second kappa shape index (κ2) is 12.1. The van der Waals surface area contributed by atoms with Crippen molar-refractivity contribution in [3.63, 3.8) is 0 Å². The summed E-state index contributed by atoms with van der Waals surface area (Å²) in [6, 6.07) is 16.9. The molecule has 36 heavy (non-hydrogen) atoms. The van der Waals surface area contributed by atoms with Gasteiger partial charge in [-0.3, -0.25) is 4.98 Å². The van der Waals surface area contributed by atoms with E-state index in [1.807, 2.05) is 42.5 Å². The Morgan fingerprint density at radius 3 is 2.11 bits per heavy atom. The topological polar surface area (TPSA) is 139 Å². The third kappa shape index (κ3) is 6.25. The minimum Gasteiger partial charge on any atom is -0.493 e. The van der Waals surface area contributed by atoms with Crippen LogP contribution in [-0.4, -0.2) is 41.3 Å². The number of hydrogen-bond donors (Lipinski definition) is 5. The van der Waals surface area contributed by atoms with Gasteiger partial charge < -0.3 is 30.3 Å². The number of ether oxygens (including phenoxy) is 3. The SMILES string of the molecule is COc1cc(Nc2ncnc(Nc3ccccc3NNNCc3ccccn3)n2)cc(OC)c1OC. The first-order valence-corrected chi connectivity index (χ1v) is 11.0. The van der Waals surface area contributed by atoms with E-state index in [4.69, 9.17) is 14.2 Å². The number of nitrogens with one attached hydrogen (secondary N) is 5. The molecule has 0 aliphatic heterocycles. The number of pyridine rings is 1. The molecule has 186 valence electrons. The zero-order chi connectivity index (χ0) is 25.2. The van der Waals surface area contributed by atoms with E-state index in [2.05, 4.69) is 47.0 Å². The van der Waals surface area contributed by atoms with E-state index >= 15 is 0 Å². The number of para-hydroxylation sites is 2. The summed E-state index contributed by atoms with van der Waals surface area (Å²) in [5.41, 5.74) is 12.3. The Hall–Kier alpha value is -4.68. The molecule has 0 saturated heterocycles. The Bertz CT molecular complexity index is 1250. The van der Waals surface area contributed by atoms with Crippen molar-refractivity contribution in [2.45, 2.75) is 6.54 Å². The Kier molecular flexibility index (Phi) is 8.25. The van der Waals surface area contributed by atoms with Crippen LogP contribution in [0.15, 0.2) is 67.1 Å². The summed E-state index contributed by atoms with van der Waals surface area (Å²) < 4.78 is 16.2. The van der Waals surface area contributed by atoms with Crippen LogP contribution in [0.3, 0.4) is 0 Å². The summed E-state index contributed by atoms with van der Waals surface area (Å²) in [4.78, 5) is 17.2. The number of aromatic nitrogens is 4. The molecular weight excluding hydrogens is 462 g/mol. The Balaban J connectivity index is 1.42. The second-order valence-corrected chi connectivity index (χ2v) is 7.27. The minimum atomic E-state index is 0.336. The molecule has 4 aromatic rings. The van der Waals surface area contributed by atoms with Crippen molar-refractivity contribution in [2.24, 2.45) is 0 Å². The number of benzene rings is 2. The molecule has 0 saturated carbocycles. The van der Waals surface area contributed by atoms with Crippen LogP contribution in [0, 0.1) is 0 Å². The molecule has 0 aliphatic rings. The molecule has 12 heteroatoms. The highest BCUT2D eigenvalue weighted by Gasteiger charge is 2.14. The van der Waals surface area contributed by atoms with Crippen molar-refractivity contribution in [3.05, 3.63) is 72.8 Å². The number of anilines is 5. The van der Waals surface area contributed by atoms with Crippen molar-refractivity contribution >= 4 is 29.0 Å². The van der Waals surface area contributed by atoms with Gasteiger partial charge in [-0.15, -0.1) is 0 Å². The fourth-order valence-corrected chi connectivity index (χ4v) is 3.27. The first-order chi connectivity index (χ1) is 17.7. The van der Waals surface area contributed by atoms with Gasteiger partial charge in [0.15, 0.2) is 11.5 Å². The standard InChI is InChI=1S/C24H27N9O3/c1-34-20-12-17(13-21(35-2)22(20)36-3)29-23-26-15-27-24(31-23)30-18-9-4-5-10-19(18)32-33-28-14-16-8-6-7-11-25-16/h4-13,15,28,32-33H,14H2,1-3H3,(H2,26,27,29,30,31). The molecule has 0 radical (unpaired) electrons. The molecule has 4 rings (SSSR count). The van der Waals surface area contributed by atoms with Crippen LogP contribution < -0.4 is 41.2 Å². The van der Waals surface area contributed by atoms with Crippen LogP contribution in [0.1, 0.15) is 5.69 Å². The highest BCUT2D eigenvalue weighted by Crippen LogP contribution is 2.40. The molecular formula is C24H27N9O3. The van der Waals surface area contributed by atoms with Crippen LogP contribution in [0.5, 0.6) is 17.2 Å².